The van der Waals surface area contributed by atoms with Gasteiger partial charge in [-0.1, -0.05) is 29.8 Å². The predicted octanol–water partition coefficient (Wildman–Crippen LogP) is 3.42. The SMILES string of the molecule is Cc1ccc(CN(C)c2nc(C3CC3)c(CN)s2)cc1. The molecule has 0 saturated heterocycles. The third-order valence-corrected chi connectivity index (χ3v) is 4.94. The van der Waals surface area contributed by atoms with Gasteiger partial charge in [-0.3, -0.25) is 0 Å². The Hall–Kier alpha value is -1.39. The van der Waals surface area contributed by atoms with Crippen LogP contribution in [0.5, 0.6) is 0 Å². The molecule has 0 unspecified atom stereocenters. The van der Waals surface area contributed by atoms with E-state index < -0.39 is 0 Å². The molecule has 106 valence electrons. The molecule has 0 atom stereocenters. The first-order valence-electron chi connectivity index (χ1n) is 7.13. The first-order valence-corrected chi connectivity index (χ1v) is 7.95. The summed E-state index contributed by atoms with van der Waals surface area (Å²) in [4.78, 5) is 8.31. The topological polar surface area (TPSA) is 42.2 Å². The van der Waals surface area contributed by atoms with E-state index in [1.165, 1.54) is 34.5 Å². The molecular formula is C16H21N3S. The minimum Gasteiger partial charge on any atom is -0.347 e. The molecular weight excluding hydrogens is 266 g/mol. The van der Waals surface area contributed by atoms with Crippen LogP contribution in [0.3, 0.4) is 0 Å². The molecule has 4 heteroatoms. The number of hydrogen-bond acceptors (Lipinski definition) is 4. The van der Waals surface area contributed by atoms with Gasteiger partial charge in [-0.25, -0.2) is 4.98 Å². The first-order chi connectivity index (χ1) is 9.67. The third kappa shape index (κ3) is 2.86. The fraction of sp³-hybridized carbons (Fsp3) is 0.438. The van der Waals surface area contributed by atoms with Crippen molar-refractivity contribution in [2.45, 2.75) is 38.8 Å². The van der Waals surface area contributed by atoms with Crippen LogP contribution in [0.15, 0.2) is 24.3 Å². The predicted molar refractivity (Wildman–Crippen MR) is 85.3 cm³/mol. The highest BCUT2D eigenvalue weighted by Gasteiger charge is 2.29. The number of nitrogens with zero attached hydrogens (tertiary/aromatic N) is 2. The van der Waals surface area contributed by atoms with Gasteiger partial charge in [0.15, 0.2) is 5.13 Å². The highest BCUT2D eigenvalue weighted by Crippen LogP contribution is 2.44. The number of anilines is 1. The summed E-state index contributed by atoms with van der Waals surface area (Å²) in [6, 6.07) is 8.69. The van der Waals surface area contributed by atoms with Crippen LogP contribution in [0.4, 0.5) is 5.13 Å². The number of aromatic nitrogens is 1. The van der Waals surface area contributed by atoms with Crippen molar-refractivity contribution in [1.29, 1.82) is 0 Å². The average Bonchev–Trinajstić information content (AvgIpc) is 3.20. The standard InChI is InChI=1S/C16H21N3S/c1-11-3-5-12(6-4-11)10-19(2)16-18-15(13-7-8-13)14(9-17)20-16/h3-6,13H,7-10,17H2,1-2H3. The van der Waals surface area contributed by atoms with Gasteiger partial charge in [0.05, 0.1) is 5.69 Å². The summed E-state index contributed by atoms with van der Waals surface area (Å²) in [5.41, 5.74) is 9.72. The highest BCUT2D eigenvalue weighted by molar-refractivity contribution is 7.15. The molecule has 20 heavy (non-hydrogen) atoms. The van der Waals surface area contributed by atoms with Crippen molar-refractivity contribution in [1.82, 2.24) is 4.98 Å². The molecule has 1 aromatic heterocycles. The van der Waals surface area contributed by atoms with Crippen LogP contribution < -0.4 is 10.6 Å². The fourth-order valence-electron chi connectivity index (χ4n) is 2.37. The van der Waals surface area contributed by atoms with Crippen molar-refractivity contribution in [3.8, 4) is 0 Å². The largest absolute Gasteiger partial charge is 0.347 e. The van der Waals surface area contributed by atoms with Crippen molar-refractivity contribution in [3.05, 3.63) is 46.0 Å². The minimum atomic E-state index is 0.613. The Morgan fingerprint density at radius 2 is 2.00 bits per heavy atom. The summed E-state index contributed by atoms with van der Waals surface area (Å²) in [6.45, 7) is 3.62. The highest BCUT2D eigenvalue weighted by atomic mass is 32.1. The van der Waals surface area contributed by atoms with Crippen molar-refractivity contribution in [3.63, 3.8) is 0 Å². The second-order valence-corrected chi connectivity index (χ2v) is 6.69. The summed E-state index contributed by atoms with van der Waals surface area (Å²) in [6.07, 6.45) is 2.55. The Morgan fingerprint density at radius 3 is 2.60 bits per heavy atom. The van der Waals surface area contributed by atoms with Crippen LogP contribution in [0.25, 0.3) is 0 Å². The Balaban J connectivity index is 1.76. The quantitative estimate of drug-likeness (QED) is 0.916. The van der Waals surface area contributed by atoms with Crippen LogP contribution in [0, 0.1) is 6.92 Å². The Bertz CT molecular complexity index is 584. The van der Waals surface area contributed by atoms with E-state index in [0.29, 0.717) is 12.5 Å². The maximum Gasteiger partial charge on any atom is 0.185 e. The van der Waals surface area contributed by atoms with Crippen LogP contribution in [-0.2, 0) is 13.1 Å². The van der Waals surface area contributed by atoms with E-state index in [4.69, 9.17) is 10.7 Å². The normalized spacial score (nSPS) is 14.6. The monoisotopic (exact) mass is 287 g/mol. The molecule has 1 heterocycles. The Kier molecular flexibility index (Phi) is 3.76. The minimum absolute atomic E-state index is 0.613. The summed E-state index contributed by atoms with van der Waals surface area (Å²) >= 11 is 1.75. The Morgan fingerprint density at radius 1 is 1.30 bits per heavy atom. The van der Waals surface area contributed by atoms with Crippen molar-refractivity contribution in [2.24, 2.45) is 5.73 Å². The zero-order valence-electron chi connectivity index (χ0n) is 12.1. The second kappa shape index (κ2) is 5.54. The first kappa shape index (κ1) is 13.6. The van der Waals surface area contributed by atoms with Crippen LogP contribution in [0.2, 0.25) is 0 Å². The summed E-state index contributed by atoms with van der Waals surface area (Å²) < 4.78 is 0. The van der Waals surface area contributed by atoms with Gasteiger partial charge in [-0.15, -0.1) is 11.3 Å². The average molecular weight is 287 g/mol. The van der Waals surface area contributed by atoms with E-state index in [2.05, 4.69) is 43.1 Å². The van der Waals surface area contributed by atoms with Gasteiger partial charge in [0.25, 0.3) is 0 Å². The summed E-state index contributed by atoms with van der Waals surface area (Å²) in [5.74, 6) is 0.673. The summed E-state index contributed by atoms with van der Waals surface area (Å²) in [5, 5.41) is 1.09. The molecule has 2 aromatic rings. The van der Waals surface area contributed by atoms with Gasteiger partial charge in [0.1, 0.15) is 0 Å². The summed E-state index contributed by atoms with van der Waals surface area (Å²) in [7, 11) is 2.11. The van der Waals surface area contributed by atoms with Crippen molar-refractivity contribution < 1.29 is 0 Å². The molecule has 0 amide bonds. The molecule has 2 N–H and O–H groups in total. The van der Waals surface area contributed by atoms with E-state index in [1.807, 2.05) is 0 Å². The molecule has 1 aliphatic rings. The van der Waals surface area contributed by atoms with E-state index in [0.717, 1.165) is 11.7 Å². The molecule has 1 saturated carbocycles. The number of hydrogen-bond donors (Lipinski definition) is 1. The molecule has 1 fully saturated rings. The number of thiazole rings is 1. The molecule has 0 bridgehead atoms. The third-order valence-electron chi connectivity index (χ3n) is 3.73. The molecule has 1 aromatic carbocycles. The number of aryl methyl sites for hydroxylation is 1. The molecule has 3 nitrogen and oxygen atoms in total. The lowest BCUT2D eigenvalue weighted by atomic mass is 10.1. The molecule has 0 radical (unpaired) electrons. The zero-order chi connectivity index (χ0) is 14.1. The van der Waals surface area contributed by atoms with E-state index in [-0.39, 0.29) is 0 Å². The molecule has 0 spiro atoms. The van der Waals surface area contributed by atoms with Crippen LogP contribution in [0.1, 0.15) is 40.5 Å². The Labute approximate surface area is 124 Å². The lowest BCUT2D eigenvalue weighted by Crippen LogP contribution is -2.16. The van der Waals surface area contributed by atoms with Gasteiger partial charge in [-0.2, -0.15) is 0 Å². The lowest BCUT2D eigenvalue weighted by molar-refractivity contribution is 0.897. The van der Waals surface area contributed by atoms with Crippen LogP contribution in [-0.4, -0.2) is 12.0 Å². The number of nitrogens with two attached hydrogens (primary N) is 1. The van der Waals surface area contributed by atoms with Gasteiger partial charge < -0.3 is 10.6 Å². The van der Waals surface area contributed by atoms with Crippen molar-refractivity contribution in [2.75, 3.05) is 11.9 Å². The van der Waals surface area contributed by atoms with E-state index >= 15 is 0 Å². The second-order valence-electron chi connectivity index (χ2n) is 5.62. The van der Waals surface area contributed by atoms with Gasteiger partial charge >= 0.3 is 0 Å². The van der Waals surface area contributed by atoms with Crippen LogP contribution >= 0.6 is 11.3 Å². The van der Waals surface area contributed by atoms with E-state index in [9.17, 15) is 0 Å². The number of benzene rings is 1. The van der Waals surface area contributed by atoms with Gasteiger partial charge in [-0.05, 0) is 25.3 Å². The van der Waals surface area contributed by atoms with Crippen molar-refractivity contribution >= 4 is 16.5 Å². The molecule has 0 aliphatic heterocycles. The maximum atomic E-state index is 5.85. The van der Waals surface area contributed by atoms with E-state index in [1.54, 1.807) is 11.3 Å². The maximum absolute atomic E-state index is 5.85. The zero-order valence-corrected chi connectivity index (χ0v) is 12.9. The molecule has 3 rings (SSSR count). The van der Waals surface area contributed by atoms with Gasteiger partial charge in [0.2, 0.25) is 0 Å². The smallest absolute Gasteiger partial charge is 0.185 e. The lowest BCUT2D eigenvalue weighted by Gasteiger charge is -2.15. The molecule has 1 aliphatic carbocycles. The number of rotatable bonds is 5. The van der Waals surface area contributed by atoms with Gasteiger partial charge in [0, 0.05) is 30.9 Å². The fourth-order valence-corrected chi connectivity index (χ4v) is 3.36.